The Kier molecular flexibility index (Phi) is 6.09. The van der Waals surface area contributed by atoms with E-state index < -0.39 is 11.4 Å². The number of amides is 1. The second-order valence-corrected chi connectivity index (χ2v) is 12.5. The SMILES string of the molecule is CC(C)(C)OC(=O)N1CCC2(CCCN2CC2OC(c3cnn4c(N)ncnc34)[C@@H]3OC(C)(C)O[C@H]23)CC1. The highest BCUT2D eigenvalue weighted by molar-refractivity contribution is 5.68. The Bertz CT molecular complexity index is 1200. The fourth-order valence-electron chi connectivity index (χ4n) is 6.62. The molecule has 4 saturated heterocycles. The first-order valence-electron chi connectivity index (χ1n) is 13.6. The molecule has 0 aliphatic carbocycles. The average molecular weight is 530 g/mol. The molecule has 6 rings (SSSR count). The van der Waals surface area contributed by atoms with Crippen molar-refractivity contribution in [3.05, 3.63) is 18.1 Å². The first-order chi connectivity index (χ1) is 17.9. The number of rotatable bonds is 3. The number of hydrogen-bond acceptors (Lipinski definition) is 10. The molecule has 208 valence electrons. The third kappa shape index (κ3) is 4.51. The Morgan fingerprint density at radius 1 is 1.13 bits per heavy atom. The van der Waals surface area contributed by atoms with E-state index in [2.05, 4.69) is 20.0 Å². The van der Waals surface area contributed by atoms with Crippen molar-refractivity contribution in [3.8, 4) is 0 Å². The van der Waals surface area contributed by atoms with Gasteiger partial charge >= 0.3 is 6.09 Å². The van der Waals surface area contributed by atoms with Gasteiger partial charge in [-0.15, -0.1) is 0 Å². The quantitative estimate of drug-likeness (QED) is 0.633. The van der Waals surface area contributed by atoms with Crippen LogP contribution in [-0.4, -0.2) is 96.9 Å². The van der Waals surface area contributed by atoms with Gasteiger partial charge in [0.15, 0.2) is 11.4 Å². The number of nitrogens with two attached hydrogens (primary N) is 1. The summed E-state index contributed by atoms with van der Waals surface area (Å²) in [6, 6.07) is 0. The fraction of sp³-hybridized carbons (Fsp3) is 0.769. The predicted octanol–water partition coefficient (Wildman–Crippen LogP) is 2.53. The van der Waals surface area contributed by atoms with Crippen LogP contribution in [0.15, 0.2) is 12.5 Å². The molecule has 2 unspecified atom stereocenters. The van der Waals surface area contributed by atoms with Crippen LogP contribution in [0.25, 0.3) is 5.65 Å². The van der Waals surface area contributed by atoms with Gasteiger partial charge in [-0.3, -0.25) is 4.90 Å². The van der Waals surface area contributed by atoms with E-state index in [1.807, 2.05) is 39.5 Å². The maximum atomic E-state index is 12.6. The second-order valence-electron chi connectivity index (χ2n) is 12.5. The second kappa shape index (κ2) is 9.00. The molecular weight excluding hydrogens is 490 g/mol. The van der Waals surface area contributed by atoms with Crippen LogP contribution in [0.5, 0.6) is 0 Å². The van der Waals surface area contributed by atoms with E-state index in [4.69, 9.17) is 24.7 Å². The largest absolute Gasteiger partial charge is 0.444 e. The number of likely N-dealkylation sites (tertiary alicyclic amines) is 2. The van der Waals surface area contributed by atoms with Crippen LogP contribution >= 0.6 is 0 Å². The molecule has 0 radical (unpaired) electrons. The highest BCUT2D eigenvalue weighted by Gasteiger charge is 2.57. The lowest BCUT2D eigenvalue weighted by Gasteiger charge is -2.46. The summed E-state index contributed by atoms with van der Waals surface area (Å²) in [4.78, 5) is 25.5. The zero-order valence-electron chi connectivity index (χ0n) is 22.9. The maximum absolute atomic E-state index is 12.6. The van der Waals surface area contributed by atoms with Gasteiger partial charge in [-0.05, 0) is 66.8 Å². The lowest BCUT2D eigenvalue weighted by Crippen LogP contribution is -2.56. The summed E-state index contributed by atoms with van der Waals surface area (Å²) < 4.78 is 26.6. The summed E-state index contributed by atoms with van der Waals surface area (Å²) in [5.74, 6) is -0.443. The molecule has 2 aromatic rings. The van der Waals surface area contributed by atoms with Crippen molar-refractivity contribution in [2.24, 2.45) is 0 Å². The Morgan fingerprint density at radius 2 is 1.87 bits per heavy atom. The number of carbonyl (C=O) groups is 1. The molecule has 12 nitrogen and oxygen atoms in total. The third-order valence-corrected chi connectivity index (χ3v) is 8.30. The molecule has 2 aromatic heterocycles. The standard InChI is InChI=1S/C26H39N7O5/c1-24(2,3)38-23(34)31-11-8-26(9-12-31)7-6-10-32(26)14-17-19-20(37-25(4,5)36-19)18(35-17)16-13-30-33-21(16)28-15-29-22(33)27/h13,15,17-20H,6-12,14H2,1-5H3,(H2,27,28,29)/t17?,18?,19-,20+/m1/s1. The third-order valence-electron chi connectivity index (χ3n) is 8.30. The predicted molar refractivity (Wildman–Crippen MR) is 137 cm³/mol. The van der Waals surface area contributed by atoms with Crippen LogP contribution in [0, 0.1) is 0 Å². The summed E-state index contributed by atoms with van der Waals surface area (Å²) in [6.07, 6.45) is 5.97. The van der Waals surface area contributed by atoms with Crippen molar-refractivity contribution in [1.82, 2.24) is 29.4 Å². The average Bonchev–Trinajstić information content (AvgIpc) is 3.57. The Morgan fingerprint density at radius 3 is 2.61 bits per heavy atom. The lowest BCUT2D eigenvalue weighted by molar-refractivity contribution is -0.190. The molecule has 0 aromatic carbocycles. The van der Waals surface area contributed by atoms with Gasteiger partial charge in [0.05, 0.1) is 6.20 Å². The van der Waals surface area contributed by atoms with Gasteiger partial charge in [0, 0.05) is 30.7 Å². The number of piperidine rings is 1. The Balaban J connectivity index is 1.19. The number of aromatic nitrogens is 4. The van der Waals surface area contributed by atoms with E-state index in [-0.39, 0.29) is 42.0 Å². The lowest BCUT2D eigenvalue weighted by atomic mass is 9.84. The molecule has 0 bridgehead atoms. The van der Waals surface area contributed by atoms with Crippen LogP contribution in [0.4, 0.5) is 10.7 Å². The number of nitrogens with zero attached hydrogens (tertiary/aromatic N) is 6. The summed E-state index contributed by atoms with van der Waals surface area (Å²) >= 11 is 0. The van der Waals surface area contributed by atoms with Crippen LogP contribution in [-0.2, 0) is 18.9 Å². The van der Waals surface area contributed by atoms with Gasteiger partial charge in [-0.1, -0.05) is 0 Å². The van der Waals surface area contributed by atoms with E-state index >= 15 is 0 Å². The molecule has 2 N–H and O–H groups in total. The van der Waals surface area contributed by atoms with Crippen LogP contribution in [0.3, 0.4) is 0 Å². The molecular formula is C26H39N7O5. The van der Waals surface area contributed by atoms with Crippen molar-refractivity contribution >= 4 is 17.7 Å². The summed E-state index contributed by atoms with van der Waals surface area (Å²) in [7, 11) is 0. The maximum Gasteiger partial charge on any atom is 0.410 e. The normalized spacial score (nSPS) is 30.8. The van der Waals surface area contributed by atoms with Gasteiger partial charge in [0.2, 0.25) is 5.95 Å². The van der Waals surface area contributed by atoms with Crippen molar-refractivity contribution < 1.29 is 23.7 Å². The summed E-state index contributed by atoms with van der Waals surface area (Å²) in [5.41, 5.74) is 7.00. The van der Waals surface area contributed by atoms with Gasteiger partial charge in [-0.2, -0.15) is 9.61 Å². The van der Waals surface area contributed by atoms with E-state index in [1.165, 1.54) is 10.8 Å². The molecule has 4 aliphatic rings. The number of fused-ring (bicyclic) bond motifs is 2. The molecule has 4 fully saturated rings. The highest BCUT2D eigenvalue weighted by atomic mass is 16.8. The topological polar surface area (TPSA) is 130 Å². The molecule has 38 heavy (non-hydrogen) atoms. The van der Waals surface area contributed by atoms with E-state index in [9.17, 15) is 4.79 Å². The van der Waals surface area contributed by atoms with Gasteiger partial charge < -0.3 is 29.6 Å². The number of ether oxygens (including phenoxy) is 4. The molecule has 6 heterocycles. The summed E-state index contributed by atoms with van der Waals surface area (Å²) in [5, 5.41) is 4.39. The minimum atomic E-state index is -0.714. The van der Waals surface area contributed by atoms with Crippen molar-refractivity contribution in [2.75, 3.05) is 31.9 Å². The monoisotopic (exact) mass is 529 g/mol. The van der Waals surface area contributed by atoms with Crippen molar-refractivity contribution in [3.63, 3.8) is 0 Å². The number of carbonyl (C=O) groups excluding carboxylic acids is 1. The Labute approximate surface area is 222 Å². The first-order valence-corrected chi connectivity index (χ1v) is 13.6. The number of anilines is 1. The molecule has 1 spiro atoms. The van der Waals surface area contributed by atoms with Crippen LogP contribution < -0.4 is 5.73 Å². The van der Waals surface area contributed by atoms with E-state index in [0.717, 1.165) is 44.3 Å². The number of nitrogen functional groups attached to an aromatic ring is 1. The molecule has 4 aliphatic heterocycles. The zero-order chi connectivity index (χ0) is 26.9. The minimum Gasteiger partial charge on any atom is -0.444 e. The summed E-state index contributed by atoms with van der Waals surface area (Å²) in [6.45, 7) is 12.7. The molecule has 12 heteroatoms. The highest BCUT2D eigenvalue weighted by Crippen LogP contribution is 2.47. The van der Waals surface area contributed by atoms with E-state index in [0.29, 0.717) is 18.7 Å². The number of hydrogen-bond donors (Lipinski definition) is 1. The fourth-order valence-corrected chi connectivity index (χ4v) is 6.62. The van der Waals surface area contributed by atoms with Crippen molar-refractivity contribution in [1.29, 1.82) is 0 Å². The van der Waals surface area contributed by atoms with Gasteiger partial charge in [-0.25, -0.2) is 14.8 Å². The van der Waals surface area contributed by atoms with Crippen LogP contribution in [0.1, 0.15) is 72.0 Å². The zero-order valence-corrected chi connectivity index (χ0v) is 22.9. The van der Waals surface area contributed by atoms with E-state index in [1.54, 1.807) is 6.20 Å². The van der Waals surface area contributed by atoms with Crippen molar-refractivity contribution in [2.45, 2.75) is 102 Å². The van der Waals surface area contributed by atoms with Gasteiger partial charge in [0.25, 0.3) is 0 Å². The molecule has 1 amide bonds. The Hall–Kier alpha value is -2.54. The minimum absolute atomic E-state index is 0.0521. The molecule has 4 atom stereocenters. The molecule has 0 saturated carbocycles. The van der Waals surface area contributed by atoms with Crippen LogP contribution in [0.2, 0.25) is 0 Å². The smallest absolute Gasteiger partial charge is 0.410 e. The van der Waals surface area contributed by atoms with Gasteiger partial charge in [0.1, 0.15) is 36.3 Å². The first kappa shape index (κ1) is 25.7.